The number of halogens is 1. The lowest BCUT2D eigenvalue weighted by molar-refractivity contribution is -0.134. The fraction of sp³-hybridized carbons (Fsp3) is 0.667. The maximum Gasteiger partial charge on any atom is 0.255 e. The van der Waals surface area contributed by atoms with Gasteiger partial charge in [0.1, 0.15) is 6.54 Å². The Balaban J connectivity index is 1.68. The van der Waals surface area contributed by atoms with Crippen LogP contribution in [0, 0.1) is 5.82 Å². The van der Waals surface area contributed by atoms with Crippen molar-refractivity contribution in [2.24, 2.45) is 0 Å². The molecule has 22 heavy (non-hydrogen) atoms. The van der Waals surface area contributed by atoms with E-state index in [1.807, 2.05) is 4.90 Å². The molecular weight excluding hydrogens is 287 g/mol. The second-order valence-corrected chi connectivity index (χ2v) is 5.83. The number of carbonyl (C=O) groups is 1. The van der Waals surface area contributed by atoms with Gasteiger partial charge >= 0.3 is 0 Å². The van der Waals surface area contributed by atoms with Crippen LogP contribution < -0.4 is 9.64 Å². The van der Waals surface area contributed by atoms with Gasteiger partial charge in [-0.15, -0.1) is 0 Å². The van der Waals surface area contributed by atoms with Crippen LogP contribution in [0.2, 0.25) is 0 Å². The molecule has 0 radical (unpaired) electrons. The molecule has 2 fully saturated rings. The van der Waals surface area contributed by atoms with Gasteiger partial charge in [-0.25, -0.2) is 4.98 Å². The van der Waals surface area contributed by atoms with E-state index in [9.17, 15) is 9.18 Å². The number of hydrogen-bond acceptors (Lipinski definition) is 5. The molecule has 0 atom stereocenters. The smallest absolute Gasteiger partial charge is 0.255 e. The maximum absolute atomic E-state index is 13.4. The van der Waals surface area contributed by atoms with Crippen LogP contribution in [-0.2, 0) is 4.79 Å². The Hall–Kier alpha value is -1.92. The molecule has 6 nitrogen and oxygen atoms in total. The average Bonchev–Trinajstić information content (AvgIpc) is 2.56. The molecule has 0 unspecified atom stereocenters. The van der Waals surface area contributed by atoms with E-state index < -0.39 is 5.82 Å². The molecule has 3 rings (SSSR count). The normalized spacial score (nSPS) is 20.4. The number of nitrogens with zero attached hydrogens (tertiary/aromatic N) is 4. The van der Waals surface area contributed by atoms with Crippen LogP contribution in [0.15, 0.2) is 6.20 Å². The van der Waals surface area contributed by atoms with Crippen LogP contribution in [0.25, 0.3) is 0 Å². The van der Waals surface area contributed by atoms with Crippen LogP contribution in [-0.4, -0.2) is 53.6 Å². The lowest BCUT2D eigenvalue weighted by Crippen LogP contribution is -2.54. The maximum atomic E-state index is 13.4. The molecule has 1 saturated carbocycles. The average molecular weight is 308 g/mol. The van der Waals surface area contributed by atoms with Gasteiger partial charge in [-0.05, 0) is 12.8 Å². The molecule has 2 heterocycles. The molecule has 7 heteroatoms. The summed E-state index contributed by atoms with van der Waals surface area (Å²) in [6, 6.07) is 0.382. The summed E-state index contributed by atoms with van der Waals surface area (Å²) in [7, 11) is 1.36. The van der Waals surface area contributed by atoms with E-state index in [1.54, 1.807) is 4.90 Å². The van der Waals surface area contributed by atoms with Gasteiger partial charge in [0.25, 0.3) is 5.88 Å². The molecule has 1 aliphatic carbocycles. The topological polar surface area (TPSA) is 58.6 Å². The number of carbonyl (C=O) groups excluding carboxylic acids is 1. The summed E-state index contributed by atoms with van der Waals surface area (Å²) in [5, 5.41) is 0. The standard InChI is InChI=1S/C15H21FN4O2/c1-22-14-12(16)9-17-15(18-14)19-7-8-20(13(21)10-19)11-5-3-2-4-6-11/h9,11H,2-8,10H2,1H3. The van der Waals surface area contributed by atoms with Crippen LogP contribution >= 0.6 is 0 Å². The highest BCUT2D eigenvalue weighted by atomic mass is 19.1. The fourth-order valence-electron chi connectivity index (χ4n) is 3.27. The first-order chi connectivity index (χ1) is 10.7. The number of aromatic nitrogens is 2. The van der Waals surface area contributed by atoms with E-state index in [0.29, 0.717) is 25.1 Å². The number of amides is 1. The first-order valence-electron chi connectivity index (χ1n) is 7.80. The first-order valence-corrected chi connectivity index (χ1v) is 7.80. The Bertz CT molecular complexity index is 548. The van der Waals surface area contributed by atoms with Gasteiger partial charge in [-0.3, -0.25) is 4.79 Å². The highest BCUT2D eigenvalue weighted by molar-refractivity contribution is 5.82. The lowest BCUT2D eigenvalue weighted by atomic mass is 9.93. The third-order valence-electron chi connectivity index (χ3n) is 4.45. The molecule has 0 aromatic carbocycles. The second-order valence-electron chi connectivity index (χ2n) is 5.83. The van der Waals surface area contributed by atoms with E-state index in [4.69, 9.17) is 4.74 Å². The minimum Gasteiger partial charge on any atom is -0.479 e. The first kappa shape index (κ1) is 15.0. The number of ether oxygens (including phenoxy) is 1. The van der Waals surface area contributed by atoms with Gasteiger partial charge in [0.2, 0.25) is 17.7 Å². The third-order valence-corrected chi connectivity index (χ3v) is 4.45. The molecule has 1 amide bonds. The summed E-state index contributed by atoms with van der Waals surface area (Å²) >= 11 is 0. The Kier molecular flexibility index (Phi) is 4.40. The van der Waals surface area contributed by atoms with Crippen LogP contribution in [0.3, 0.4) is 0 Å². The SMILES string of the molecule is COc1nc(N2CCN(C3CCCCC3)C(=O)C2)ncc1F. The van der Waals surface area contributed by atoms with Gasteiger partial charge in [-0.1, -0.05) is 19.3 Å². The van der Waals surface area contributed by atoms with Gasteiger partial charge in [0, 0.05) is 19.1 Å². The number of anilines is 1. The van der Waals surface area contributed by atoms with E-state index >= 15 is 0 Å². The van der Waals surface area contributed by atoms with E-state index in [-0.39, 0.29) is 18.3 Å². The van der Waals surface area contributed by atoms with Crippen LogP contribution in [0.5, 0.6) is 5.88 Å². The predicted molar refractivity (Wildman–Crippen MR) is 79.3 cm³/mol. The Morgan fingerprint density at radius 1 is 1.27 bits per heavy atom. The molecule has 1 saturated heterocycles. The molecule has 1 aliphatic heterocycles. The lowest BCUT2D eigenvalue weighted by Gasteiger charge is -2.40. The van der Waals surface area contributed by atoms with Crippen LogP contribution in [0.1, 0.15) is 32.1 Å². The quantitative estimate of drug-likeness (QED) is 0.849. The van der Waals surface area contributed by atoms with Crippen LogP contribution in [0.4, 0.5) is 10.3 Å². The highest BCUT2D eigenvalue weighted by Crippen LogP contribution is 2.25. The zero-order valence-electron chi connectivity index (χ0n) is 12.8. The minimum absolute atomic E-state index is 0.0906. The molecule has 0 bridgehead atoms. The zero-order valence-corrected chi connectivity index (χ0v) is 12.8. The predicted octanol–water partition coefficient (Wildman–Crippen LogP) is 1.61. The zero-order chi connectivity index (χ0) is 15.5. The van der Waals surface area contributed by atoms with Crippen molar-refractivity contribution < 1.29 is 13.9 Å². The van der Waals surface area contributed by atoms with Crippen molar-refractivity contribution in [1.29, 1.82) is 0 Å². The van der Waals surface area contributed by atoms with Crippen molar-refractivity contribution >= 4 is 11.9 Å². The molecular formula is C15H21FN4O2. The van der Waals surface area contributed by atoms with Gasteiger partial charge in [-0.2, -0.15) is 9.37 Å². The second kappa shape index (κ2) is 6.46. The van der Waals surface area contributed by atoms with Crippen molar-refractivity contribution in [2.45, 2.75) is 38.1 Å². The summed E-state index contributed by atoms with van der Waals surface area (Å²) in [5.41, 5.74) is 0. The van der Waals surface area contributed by atoms with Crippen molar-refractivity contribution in [3.63, 3.8) is 0 Å². The summed E-state index contributed by atoms with van der Waals surface area (Å²) in [5.74, 6) is -0.245. The van der Waals surface area contributed by atoms with Gasteiger partial charge < -0.3 is 14.5 Å². The molecule has 2 aliphatic rings. The monoisotopic (exact) mass is 308 g/mol. The summed E-state index contributed by atoms with van der Waals surface area (Å²) in [6.45, 7) is 1.58. The Labute approximate surface area is 129 Å². The summed E-state index contributed by atoms with van der Waals surface area (Å²) < 4.78 is 18.2. The van der Waals surface area contributed by atoms with Gasteiger partial charge in [0.05, 0.1) is 13.3 Å². The van der Waals surface area contributed by atoms with Crippen molar-refractivity contribution in [3.8, 4) is 5.88 Å². The van der Waals surface area contributed by atoms with Crippen molar-refractivity contribution in [3.05, 3.63) is 12.0 Å². The van der Waals surface area contributed by atoms with E-state index in [1.165, 1.54) is 26.4 Å². The minimum atomic E-state index is -0.599. The number of methoxy groups -OCH3 is 1. The molecule has 120 valence electrons. The largest absolute Gasteiger partial charge is 0.479 e. The molecule has 0 N–H and O–H groups in total. The Morgan fingerprint density at radius 3 is 2.73 bits per heavy atom. The number of piperazine rings is 1. The molecule has 0 spiro atoms. The van der Waals surface area contributed by atoms with E-state index in [0.717, 1.165) is 19.0 Å². The molecule has 1 aromatic heterocycles. The Morgan fingerprint density at radius 2 is 2.05 bits per heavy atom. The molecule has 1 aromatic rings. The fourth-order valence-corrected chi connectivity index (χ4v) is 3.27. The third kappa shape index (κ3) is 2.98. The summed E-state index contributed by atoms with van der Waals surface area (Å²) in [4.78, 5) is 24.2. The number of hydrogen-bond donors (Lipinski definition) is 0. The highest BCUT2D eigenvalue weighted by Gasteiger charge is 2.31. The van der Waals surface area contributed by atoms with Crippen molar-refractivity contribution in [2.75, 3.05) is 31.6 Å². The van der Waals surface area contributed by atoms with Gasteiger partial charge in [0.15, 0.2) is 0 Å². The summed E-state index contributed by atoms with van der Waals surface area (Å²) in [6.07, 6.45) is 6.97. The van der Waals surface area contributed by atoms with E-state index in [2.05, 4.69) is 9.97 Å². The number of rotatable bonds is 3. The van der Waals surface area contributed by atoms with Crippen molar-refractivity contribution in [1.82, 2.24) is 14.9 Å².